The molecule has 0 aliphatic carbocycles. The molecule has 4 rings (SSSR count). The van der Waals surface area contributed by atoms with Crippen molar-refractivity contribution in [1.29, 1.82) is 0 Å². The Morgan fingerprint density at radius 3 is 2.49 bits per heavy atom. The predicted octanol–water partition coefficient (Wildman–Crippen LogP) is 4.75. The molecule has 2 N–H and O–H groups in total. The molecule has 3 aromatic rings. The predicted molar refractivity (Wildman–Crippen MR) is 124 cm³/mol. The molecule has 0 atom stereocenters. The van der Waals surface area contributed by atoms with Gasteiger partial charge in [-0.05, 0) is 59.5 Å². The van der Waals surface area contributed by atoms with Gasteiger partial charge in [-0.3, -0.25) is 14.5 Å². The molecule has 1 aliphatic rings. The quantitative estimate of drug-likeness (QED) is 0.496. The van der Waals surface area contributed by atoms with E-state index in [2.05, 4.69) is 21.3 Å². The molecule has 0 fully saturated rings. The summed E-state index contributed by atoms with van der Waals surface area (Å²) in [5, 5.41) is 2.49. The summed E-state index contributed by atoms with van der Waals surface area (Å²) in [4.78, 5) is 29.7. The first kappa shape index (κ1) is 24.4. The van der Waals surface area contributed by atoms with Crippen LogP contribution in [0, 0.1) is 5.82 Å². The Bertz CT molecular complexity index is 1300. The number of benzene rings is 2. The number of aromatic nitrogens is 1. The molecule has 35 heavy (non-hydrogen) atoms. The number of amides is 1. The first-order chi connectivity index (χ1) is 16.7. The van der Waals surface area contributed by atoms with Gasteiger partial charge in [0, 0.05) is 31.9 Å². The lowest BCUT2D eigenvalue weighted by Gasteiger charge is -2.26. The van der Waals surface area contributed by atoms with Crippen molar-refractivity contribution in [2.24, 2.45) is 0 Å². The van der Waals surface area contributed by atoms with Gasteiger partial charge >= 0.3 is 6.18 Å². The van der Waals surface area contributed by atoms with Crippen molar-refractivity contribution < 1.29 is 22.4 Å². The SMILES string of the molecule is O=C(NCc1cccc(C(F)(F)F)c1)c1ccc(CN2CC=C(c3ccc(F)cc3)CC2)[nH]c1=O. The lowest BCUT2D eigenvalue weighted by Crippen LogP contribution is -2.32. The minimum atomic E-state index is -4.47. The maximum atomic E-state index is 13.1. The number of hydrogen-bond donors (Lipinski definition) is 2. The second-order valence-corrected chi connectivity index (χ2v) is 8.33. The third-order valence-corrected chi connectivity index (χ3v) is 5.82. The molecule has 0 spiro atoms. The summed E-state index contributed by atoms with van der Waals surface area (Å²) >= 11 is 0. The highest BCUT2D eigenvalue weighted by Crippen LogP contribution is 2.29. The highest BCUT2D eigenvalue weighted by Gasteiger charge is 2.30. The Hall–Kier alpha value is -3.72. The molecule has 0 saturated carbocycles. The maximum Gasteiger partial charge on any atom is 0.416 e. The normalized spacial score (nSPS) is 14.5. The third kappa shape index (κ3) is 6.24. The minimum Gasteiger partial charge on any atom is -0.348 e. The van der Waals surface area contributed by atoms with Gasteiger partial charge < -0.3 is 10.3 Å². The van der Waals surface area contributed by atoms with Crippen LogP contribution in [-0.4, -0.2) is 28.9 Å². The van der Waals surface area contributed by atoms with Crippen LogP contribution in [0.1, 0.15) is 39.2 Å². The molecular formula is C26H23F4N3O2. The van der Waals surface area contributed by atoms with Gasteiger partial charge in [0.05, 0.1) is 5.56 Å². The van der Waals surface area contributed by atoms with Crippen LogP contribution in [0.5, 0.6) is 0 Å². The first-order valence-corrected chi connectivity index (χ1v) is 11.0. The number of hydrogen-bond acceptors (Lipinski definition) is 3. The largest absolute Gasteiger partial charge is 0.416 e. The summed E-state index contributed by atoms with van der Waals surface area (Å²) in [6.45, 7) is 1.76. The fraction of sp³-hybridized carbons (Fsp3) is 0.231. The van der Waals surface area contributed by atoms with Crippen LogP contribution in [0.4, 0.5) is 17.6 Å². The van der Waals surface area contributed by atoms with E-state index < -0.39 is 23.2 Å². The molecule has 182 valence electrons. The number of nitrogens with one attached hydrogen (secondary N) is 2. The molecule has 0 unspecified atom stereocenters. The summed E-state index contributed by atoms with van der Waals surface area (Å²) in [6.07, 6.45) is -1.62. The van der Waals surface area contributed by atoms with E-state index in [0.29, 0.717) is 18.8 Å². The Balaban J connectivity index is 1.34. The highest BCUT2D eigenvalue weighted by atomic mass is 19.4. The average Bonchev–Trinajstić information content (AvgIpc) is 2.83. The Kier molecular flexibility index (Phi) is 7.16. The Morgan fingerprint density at radius 2 is 1.83 bits per heavy atom. The van der Waals surface area contributed by atoms with E-state index in [-0.39, 0.29) is 23.5 Å². The lowest BCUT2D eigenvalue weighted by atomic mass is 9.99. The number of alkyl halides is 3. The third-order valence-electron chi connectivity index (χ3n) is 5.82. The van der Waals surface area contributed by atoms with Crippen LogP contribution < -0.4 is 10.9 Å². The molecule has 0 saturated heterocycles. The van der Waals surface area contributed by atoms with Gasteiger partial charge in [-0.2, -0.15) is 13.2 Å². The molecule has 1 aliphatic heterocycles. The van der Waals surface area contributed by atoms with Crippen molar-refractivity contribution in [2.75, 3.05) is 13.1 Å². The van der Waals surface area contributed by atoms with Crippen molar-refractivity contribution in [1.82, 2.24) is 15.2 Å². The van der Waals surface area contributed by atoms with Crippen LogP contribution in [-0.2, 0) is 19.3 Å². The zero-order chi connectivity index (χ0) is 25.0. The van der Waals surface area contributed by atoms with Crippen molar-refractivity contribution in [3.05, 3.63) is 111 Å². The van der Waals surface area contributed by atoms with E-state index >= 15 is 0 Å². The molecular weight excluding hydrogens is 462 g/mol. The Morgan fingerprint density at radius 1 is 1.06 bits per heavy atom. The van der Waals surface area contributed by atoms with Crippen LogP contribution in [0.2, 0.25) is 0 Å². The zero-order valence-electron chi connectivity index (χ0n) is 18.7. The summed E-state index contributed by atoms with van der Waals surface area (Å²) in [5.74, 6) is -0.941. The summed E-state index contributed by atoms with van der Waals surface area (Å²) in [7, 11) is 0. The highest BCUT2D eigenvalue weighted by molar-refractivity contribution is 5.93. The monoisotopic (exact) mass is 485 g/mol. The van der Waals surface area contributed by atoms with Crippen molar-refractivity contribution in [3.8, 4) is 0 Å². The number of nitrogens with zero attached hydrogens (tertiary/aromatic N) is 1. The van der Waals surface area contributed by atoms with Gasteiger partial charge in [-0.15, -0.1) is 0 Å². The number of rotatable bonds is 6. The summed E-state index contributed by atoms with van der Waals surface area (Å²) in [6, 6.07) is 14.1. The van der Waals surface area contributed by atoms with Gasteiger partial charge in [0.1, 0.15) is 11.4 Å². The fourth-order valence-electron chi connectivity index (χ4n) is 3.94. The number of halogens is 4. The van der Waals surface area contributed by atoms with Gasteiger partial charge in [-0.25, -0.2) is 4.39 Å². The van der Waals surface area contributed by atoms with Crippen LogP contribution >= 0.6 is 0 Å². The first-order valence-electron chi connectivity index (χ1n) is 11.0. The molecule has 5 nitrogen and oxygen atoms in total. The van der Waals surface area contributed by atoms with E-state index in [9.17, 15) is 27.2 Å². The topological polar surface area (TPSA) is 65.2 Å². The van der Waals surface area contributed by atoms with E-state index in [1.807, 2.05) is 0 Å². The number of aromatic amines is 1. The molecule has 9 heteroatoms. The maximum absolute atomic E-state index is 13.1. The molecule has 0 bridgehead atoms. The molecule has 1 aromatic heterocycles. The van der Waals surface area contributed by atoms with Crippen LogP contribution in [0.15, 0.2) is 71.5 Å². The van der Waals surface area contributed by atoms with E-state index in [4.69, 9.17) is 0 Å². The van der Waals surface area contributed by atoms with Gasteiger partial charge in [-0.1, -0.05) is 30.3 Å². The molecule has 0 radical (unpaired) electrons. The van der Waals surface area contributed by atoms with E-state index in [1.54, 1.807) is 18.2 Å². The fourth-order valence-corrected chi connectivity index (χ4v) is 3.94. The average molecular weight is 485 g/mol. The molecule has 2 heterocycles. The number of carbonyl (C=O) groups excluding carboxylic acids is 1. The summed E-state index contributed by atoms with van der Waals surface area (Å²) < 4.78 is 51.7. The second kappa shape index (κ2) is 10.3. The van der Waals surface area contributed by atoms with E-state index in [1.165, 1.54) is 30.3 Å². The second-order valence-electron chi connectivity index (χ2n) is 8.33. The van der Waals surface area contributed by atoms with Crippen molar-refractivity contribution in [2.45, 2.75) is 25.7 Å². The Labute approximate surface area is 199 Å². The van der Waals surface area contributed by atoms with Crippen LogP contribution in [0.3, 0.4) is 0 Å². The van der Waals surface area contributed by atoms with Gasteiger partial charge in [0.25, 0.3) is 11.5 Å². The molecule has 1 amide bonds. The zero-order valence-corrected chi connectivity index (χ0v) is 18.7. The van der Waals surface area contributed by atoms with Gasteiger partial charge in [0.2, 0.25) is 0 Å². The number of H-pyrrole nitrogens is 1. The smallest absolute Gasteiger partial charge is 0.348 e. The lowest BCUT2D eigenvalue weighted by molar-refractivity contribution is -0.137. The van der Waals surface area contributed by atoms with E-state index in [0.717, 1.165) is 36.2 Å². The number of pyridine rings is 1. The molecule has 2 aromatic carbocycles. The van der Waals surface area contributed by atoms with Crippen LogP contribution in [0.25, 0.3) is 5.57 Å². The van der Waals surface area contributed by atoms with Gasteiger partial charge in [0.15, 0.2) is 0 Å². The standard InChI is InChI=1S/C26H23F4N3O2/c27-21-6-4-18(5-7-21)19-10-12-33(13-11-19)16-22-8-9-23(25(35)32-22)24(34)31-15-17-2-1-3-20(14-17)26(28,29)30/h1-10,14H,11-13,15-16H2,(H,31,34)(H,32,35). The number of carbonyl (C=O) groups is 1. The minimum absolute atomic E-state index is 0.113. The van der Waals surface area contributed by atoms with Crippen molar-refractivity contribution in [3.63, 3.8) is 0 Å². The summed E-state index contributed by atoms with van der Waals surface area (Å²) in [5.41, 5.74) is 1.56. The van der Waals surface area contributed by atoms with Crippen molar-refractivity contribution >= 4 is 11.5 Å².